The van der Waals surface area contributed by atoms with Gasteiger partial charge in [0.2, 0.25) is 0 Å². The summed E-state index contributed by atoms with van der Waals surface area (Å²) in [7, 11) is 0. The summed E-state index contributed by atoms with van der Waals surface area (Å²) in [4.78, 5) is 4.22. The largest absolute Gasteiger partial charge is 0.363 e. The Morgan fingerprint density at radius 3 is 3.00 bits per heavy atom. The summed E-state index contributed by atoms with van der Waals surface area (Å²) in [6.07, 6.45) is 3.63. The number of pyridine rings is 1. The van der Waals surface area contributed by atoms with Crippen molar-refractivity contribution in [1.82, 2.24) is 4.98 Å². The molecule has 70 valence electrons. The maximum atomic E-state index is 4.22. The lowest BCUT2D eigenvalue weighted by Crippen LogP contribution is -2.13. The number of nitrogens with zero attached hydrogens (tertiary/aromatic N) is 1. The summed E-state index contributed by atoms with van der Waals surface area (Å²) >= 11 is 3.48. The molecule has 0 amide bonds. The molecule has 0 radical (unpaired) electrons. The van der Waals surface area contributed by atoms with Gasteiger partial charge in [0.25, 0.3) is 0 Å². The van der Waals surface area contributed by atoms with E-state index < -0.39 is 0 Å². The second-order valence-electron chi connectivity index (χ2n) is 2.96. The highest BCUT2D eigenvalue weighted by molar-refractivity contribution is 9.10. The number of rotatable bonds is 3. The van der Waals surface area contributed by atoms with E-state index in [9.17, 15) is 0 Å². The van der Waals surface area contributed by atoms with Gasteiger partial charge in [-0.25, -0.2) is 4.98 Å². The molecule has 1 rings (SSSR count). The molecule has 0 saturated carbocycles. The highest BCUT2D eigenvalue weighted by Crippen LogP contribution is 2.23. The van der Waals surface area contributed by atoms with Crippen LogP contribution in [-0.2, 0) is 0 Å². The quantitative estimate of drug-likeness (QED) is 0.822. The maximum absolute atomic E-state index is 4.22. The predicted octanol–water partition coefficient (Wildman–Crippen LogP) is 3.14. The monoisotopic (exact) mass is 240 g/mol. The van der Waals surface area contributed by atoms with Gasteiger partial charge in [-0.15, -0.1) is 6.58 Å². The Labute approximate surface area is 87.2 Å². The van der Waals surface area contributed by atoms with Crippen LogP contribution in [-0.4, -0.2) is 11.0 Å². The molecule has 1 heterocycles. The summed E-state index contributed by atoms with van der Waals surface area (Å²) in [5.41, 5.74) is 1.17. The molecule has 2 nitrogen and oxygen atoms in total. The minimum absolute atomic E-state index is 0.227. The number of anilines is 1. The van der Waals surface area contributed by atoms with Crippen molar-refractivity contribution in [2.45, 2.75) is 19.9 Å². The van der Waals surface area contributed by atoms with Crippen molar-refractivity contribution in [1.29, 1.82) is 0 Å². The van der Waals surface area contributed by atoms with Crippen LogP contribution in [0.25, 0.3) is 0 Å². The van der Waals surface area contributed by atoms with Crippen LogP contribution in [0.2, 0.25) is 0 Å². The van der Waals surface area contributed by atoms with Gasteiger partial charge < -0.3 is 5.32 Å². The average molecular weight is 241 g/mol. The number of aryl methyl sites for hydroxylation is 1. The van der Waals surface area contributed by atoms with Crippen molar-refractivity contribution in [2.24, 2.45) is 0 Å². The van der Waals surface area contributed by atoms with Crippen LogP contribution in [0, 0.1) is 6.92 Å². The van der Waals surface area contributed by atoms with E-state index in [2.05, 4.69) is 32.8 Å². The van der Waals surface area contributed by atoms with E-state index in [-0.39, 0.29) is 6.04 Å². The molecule has 1 N–H and O–H groups in total. The first-order chi connectivity index (χ1) is 6.15. The smallest absolute Gasteiger partial charge is 0.140 e. The lowest BCUT2D eigenvalue weighted by atomic mass is 10.3. The highest BCUT2D eigenvalue weighted by atomic mass is 79.9. The predicted molar refractivity (Wildman–Crippen MR) is 60.0 cm³/mol. The van der Waals surface area contributed by atoms with Crippen LogP contribution in [0.5, 0.6) is 0 Å². The van der Waals surface area contributed by atoms with Gasteiger partial charge in [-0.2, -0.15) is 0 Å². The molecule has 1 atom stereocenters. The molecule has 0 aromatic carbocycles. The Hall–Kier alpha value is -0.830. The summed E-state index contributed by atoms with van der Waals surface area (Å²) in [5, 5.41) is 3.22. The van der Waals surface area contributed by atoms with E-state index in [1.807, 2.05) is 26.0 Å². The van der Waals surface area contributed by atoms with Crippen molar-refractivity contribution in [3.63, 3.8) is 0 Å². The molecular formula is C10H13BrN2. The zero-order valence-corrected chi connectivity index (χ0v) is 9.43. The summed E-state index contributed by atoms with van der Waals surface area (Å²) in [6, 6.07) is 2.19. The average Bonchev–Trinajstić information content (AvgIpc) is 2.13. The number of hydrogen-bond donors (Lipinski definition) is 1. The van der Waals surface area contributed by atoms with Crippen molar-refractivity contribution in [2.75, 3.05) is 5.32 Å². The van der Waals surface area contributed by atoms with Crippen LogP contribution in [0.1, 0.15) is 12.5 Å². The second kappa shape index (κ2) is 4.42. The fourth-order valence-corrected chi connectivity index (χ4v) is 1.26. The standard InChI is InChI=1S/C10H13BrN2/c1-4-8(3)13-10-9(11)7(2)5-6-12-10/h4-6,8H,1H2,2-3H3,(H,12,13). The minimum Gasteiger partial charge on any atom is -0.363 e. The minimum atomic E-state index is 0.227. The van der Waals surface area contributed by atoms with Gasteiger partial charge in [0, 0.05) is 12.2 Å². The fourth-order valence-electron chi connectivity index (χ4n) is 0.915. The molecule has 1 aromatic heterocycles. The third kappa shape index (κ3) is 2.56. The van der Waals surface area contributed by atoms with Gasteiger partial charge >= 0.3 is 0 Å². The van der Waals surface area contributed by atoms with E-state index in [4.69, 9.17) is 0 Å². The zero-order chi connectivity index (χ0) is 9.84. The molecule has 0 bridgehead atoms. The van der Waals surface area contributed by atoms with Crippen molar-refractivity contribution >= 4 is 21.7 Å². The van der Waals surface area contributed by atoms with Gasteiger partial charge in [0.15, 0.2) is 0 Å². The van der Waals surface area contributed by atoms with Gasteiger partial charge in [0.05, 0.1) is 4.47 Å². The zero-order valence-electron chi connectivity index (χ0n) is 7.84. The Morgan fingerprint density at radius 2 is 2.38 bits per heavy atom. The molecule has 1 aromatic rings. The van der Waals surface area contributed by atoms with Crippen LogP contribution in [0.3, 0.4) is 0 Å². The van der Waals surface area contributed by atoms with Gasteiger partial charge in [-0.1, -0.05) is 6.08 Å². The van der Waals surface area contributed by atoms with Gasteiger partial charge in [-0.05, 0) is 41.4 Å². The first-order valence-corrected chi connectivity index (χ1v) is 4.94. The van der Waals surface area contributed by atoms with Crippen LogP contribution in [0.15, 0.2) is 29.4 Å². The van der Waals surface area contributed by atoms with E-state index >= 15 is 0 Å². The molecule has 3 heteroatoms. The summed E-state index contributed by atoms with van der Waals surface area (Å²) in [6.45, 7) is 7.77. The Bertz CT molecular complexity index is 310. The molecule has 0 aliphatic heterocycles. The molecule has 0 saturated heterocycles. The fraction of sp³-hybridized carbons (Fsp3) is 0.300. The third-order valence-corrected chi connectivity index (χ3v) is 2.80. The Kier molecular flexibility index (Phi) is 3.48. The van der Waals surface area contributed by atoms with Crippen LogP contribution >= 0.6 is 15.9 Å². The third-order valence-electron chi connectivity index (χ3n) is 1.80. The first-order valence-electron chi connectivity index (χ1n) is 4.15. The van der Waals surface area contributed by atoms with E-state index in [1.165, 1.54) is 5.56 Å². The lowest BCUT2D eigenvalue weighted by Gasteiger charge is -2.12. The van der Waals surface area contributed by atoms with Gasteiger partial charge in [-0.3, -0.25) is 0 Å². The molecule has 13 heavy (non-hydrogen) atoms. The van der Waals surface area contributed by atoms with Crippen LogP contribution in [0.4, 0.5) is 5.82 Å². The number of aromatic nitrogens is 1. The van der Waals surface area contributed by atoms with E-state index in [0.717, 1.165) is 10.3 Å². The number of nitrogens with one attached hydrogen (secondary N) is 1. The maximum Gasteiger partial charge on any atom is 0.140 e. The Morgan fingerprint density at radius 1 is 1.69 bits per heavy atom. The van der Waals surface area contributed by atoms with Gasteiger partial charge in [0.1, 0.15) is 5.82 Å². The molecule has 0 spiro atoms. The summed E-state index contributed by atoms with van der Waals surface area (Å²) < 4.78 is 1.02. The van der Waals surface area contributed by atoms with E-state index in [1.54, 1.807) is 6.20 Å². The normalized spacial score (nSPS) is 12.2. The number of halogens is 1. The number of hydrogen-bond acceptors (Lipinski definition) is 2. The van der Waals surface area contributed by atoms with Crippen molar-refractivity contribution in [3.05, 3.63) is 35.0 Å². The highest BCUT2D eigenvalue weighted by Gasteiger charge is 2.04. The SMILES string of the molecule is C=CC(C)Nc1nccc(C)c1Br. The summed E-state index contributed by atoms with van der Waals surface area (Å²) in [5.74, 6) is 0.868. The van der Waals surface area contributed by atoms with E-state index in [0.29, 0.717) is 0 Å². The Balaban J connectivity index is 2.88. The second-order valence-corrected chi connectivity index (χ2v) is 3.75. The van der Waals surface area contributed by atoms with Crippen LogP contribution < -0.4 is 5.32 Å². The lowest BCUT2D eigenvalue weighted by molar-refractivity contribution is 0.979. The van der Waals surface area contributed by atoms with Crippen molar-refractivity contribution < 1.29 is 0 Å². The van der Waals surface area contributed by atoms with Crippen molar-refractivity contribution in [3.8, 4) is 0 Å². The molecular weight excluding hydrogens is 228 g/mol. The molecule has 0 aliphatic rings. The molecule has 1 unspecified atom stereocenters. The topological polar surface area (TPSA) is 24.9 Å². The molecule has 0 aliphatic carbocycles. The molecule has 0 fully saturated rings. The first kappa shape index (κ1) is 10.3.